The van der Waals surface area contributed by atoms with Crippen molar-refractivity contribution in [1.29, 1.82) is 0 Å². The molecular formula is C8H8N2Pt. The normalized spacial score (nSPS) is 9.55. The van der Waals surface area contributed by atoms with Crippen molar-refractivity contribution in [2.24, 2.45) is 7.05 Å². The topological polar surface area (TPSA) is 17.8 Å². The van der Waals surface area contributed by atoms with Gasteiger partial charge in [0.15, 0.2) is 0 Å². The molecule has 0 amide bonds. The van der Waals surface area contributed by atoms with Gasteiger partial charge in [0.2, 0.25) is 0 Å². The van der Waals surface area contributed by atoms with Gasteiger partial charge in [0.25, 0.3) is 0 Å². The van der Waals surface area contributed by atoms with Gasteiger partial charge in [-0.15, -0.1) is 0 Å². The summed E-state index contributed by atoms with van der Waals surface area (Å²) in [7, 11) is 1.93. The van der Waals surface area contributed by atoms with Crippen LogP contribution in [0.5, 0.6) is 0 Å². The molecule has 2 aromatic rings. The van der Waals surface area contributed by atoms with E-state index in [1.54, 1.807) is 0 Å². The van der Waals surface area contributed by atoms with E-state index in [0.29, 0.717) is 0 Å². The molecule has 1 aromatic heterocycles. The zero-order chi connectivity index (χ0) is 6.97. The summed E-state index contributed by atoms with van der Waals surface area (Å²) in [4.78, 5) is 0. The van der Waals surface area contributed by atoms with E-state index in [-0.39, 0.29) is 21.1 Å². The first-order valence-electron chi connectivity index (χ1n) is 3.25. The van der Waals surface area contributed by atoms with E-state index in [4.69, 9.17) is 0 Å². The third-order valence-corrected chi connectivity index (χ3v) is 1.53. The Morgan fingerprint density at radius 2 is 2.00 bits per heavy atom. The number of hydrogen-bond donors (Lipinski definition) is 0. The number of fused-ring (bicyclic) bond motifs is 1. The molecule has 1 heterocycles. The molecule has 0 N–H and O–H groups in total. The number of hydrogen-bond acceptors (Lipinski definition) is 1. The minimum atomic E-state index is 0. The molecule has 0 saturated heterocycles. The van der Waals surface area contributed by atoms with Gasteiger partial charge in [-0.05, 0) is 6.07 Å². The largest absolute Gasteiger partial charge is 0.275 e. The second-order valence-corrected chi connectivity index (χ2v) is 2.36. The predicted molar refractivity (Wildman–Crippen MR) is 40.7 cm³/mol. The first kappa shape index (κ1) is 8.47. The smallest absolute Gasteiger partial charge is 0.0923 e. The molecule has 0 bridgehead atoms. The van der Waals surface area contributed by atoms with Gasteiger partial charge in [0.05, 0.1) is 5.52 Å². The van der Waals surface area contributed by atoms with Crippen molar-refractivity contribution < 1.29 is 21.1 Å². The molecular weight excluding hydrogens is 319 g/mol. The van der Waals surface area contributed by atoms with Crippen molar-refractivity contribution in [2.75, 3.05) is 0 Å². The second kappa shape index (κ2) is 3.18. The summed E-state index contributed by atoms with van der Waals surface area (Å²) in [6.07, 6.45) is 2.01. The molecule has 3 heteroatoms. The third-order valence-electron chi connectivity index (χ3n) is 1.53. The summed E-state index contributed by atoms with van der Waals surface area (Å²) in [5.41, 5.74) is 1.06. The first-order chi connectivity index (χ1) is 4.86. The van der Waals surface area contributed by atoms with Gasteiger partial charge in [-0.1, -0.05) is 18.2 Å². The Balaban J connectivity index is 0.000000605. The van der Waals surface area contributed by atoms with E-state index >= 15 is 0 Å². The minimum Gasteiger partial charge on any atom is -0.275 e. The molecule has 2 nitrogen and oxygen atoms in total. The van der Waals surface area contributed by atoms with Crippen molar-refractivity contribution in [2.45, 2.75) is 0 Å². The van der Waals surface area contributed by atoms with Gasteiger partial charge in [-0.25, -0.2) is 0 Å². The summed E-state index contributed by atoms with van der Waals surface area (Å²) in [6.45, 7) is 0. The van der Waals surface area contributed by atoms with Crippen molar-refractivity contribution >= 4 is 10.9 Å². The number of rotatable bonds is 0. The number of benzene rings is 1. The minimum absolute atomic E-state index is 0. The van der Waals surface area contributed by atoms with Crippen LogP contribution >= 0.6 is 0 Å². The number of aromatic nitrogens is 2. The molecule has 60 valence electrons. The van der Waals surface area contributed by atoms with Gasteiger partial charge in [-0.3, -0.25) is 4.68 Å². The van der Waals surface area contributed by atoms with Crippen LogP contribution in [0, 0.1) is 0 Å². The van der Waals surface area contributed by atoms with Crippen molar-refractivity contribution in [3.05, 3.63) is 30.5 Å². The Labute approximate surface area is 79.5 Å². The molecule has 0 saturated carbocycles. The maximum Gasteiger partial charge on any atom is 0.0923 e. The van der Waals surface area contributed by atoms with Gasteiger partial charge < -0.3 is 0 Å². The molecule has 0 radical (unpaired) electrons. The number of nitrogens with zero attached hydrogens (tertiary/aromatic N) is 2. The quantitative estimate of drug-likeness (QED) is 0.718. The monoisotopic (exact) mass is 327 g/mol. The van der Waals surface area contributed by atoms with Crippen LogP contribution in [0.1, 0.15) is 0 Å². The van der Waals surface area contributed by atoms with Gasteiger partial charge in [-0.2, -0.15) is 5.10 Å². The van der Waals surface area contributed by atoms with E-state index in [1.165, 1.54) is 5.39 Å². The predicted octanol–water partition coefficient (Wildman–Crippen LogP) is 1.57. The molecule has 0 aliphatic rings. The van der Waals surface area contributed by atoms with E-state index in [2.05, 4.69) is 11.2 Å². The van der Waals surface area contributed by atoms with Crippen LogP contribution in [-0.2, 0) is 28.1 Å². The summed E-state index contributed by atoms with van der Waals surface area (Å²) in [5, 5.41) is 5.43. The van der Waals surface area contributed by atoms with E-state index in [9.17, 15) is 0 Å². The average molecular weight is 327 g/mol. The SMILES string of the molecule is Cn1cc2ccccc2n1.[Pt]. The Hall–Kier alpha value is -0.622. The molecule has 1 aromatic carbocycles. The van der Waals surface area contributed by atoms with Crippen LogP contribution in [0.25, 0.3) is 10.9 Å². The maximum atomic E-state index is 4.23. The van der Waals surface area contributed by atoms with Gasteiger partial charge in [0.1, 0.15) is 0 Å². The fraction of sp³-hybridized carbons (Fsp3) is 0.125. The maximum absolute atomic E-state index is 4.23. The van der Waals surface area contributed by atoms with Crippen LogP contribution in [0.4, 0.5) is 0 Å². The Morgan fingerprint density at radius 3 is 2.73 bits per heavy atom. The molecule has 0 aliphatic carbocycles. The van der Waals surface area contributed by atoms with Crippen LogP contribution in [0.3, 0.4) is 0 Å². The molecule has 0 spiro atoms. The van der Waals surface area contributed by atoms with E-state index in [1.807, 2.05) is 36.1 Å². The third kappa shape index (κ3) is 1.51. The van der Waals surface area contributed by atoms with Crippen LogP contribution < -0.4 is 0 Å². The zero-order valence-electron chi connectivity index (χ0n) is 6.10. The van der Waals surface area contributed by atoms with Gasteiger partial charge >= 0.3 is 0 Å². The van der Waals surface area contributed by atoms with Gasteiger partial charge in [0, 0.05) is 39.7 Å². The average Bonchev–Trinajstić information content (AvgIpc) is 2.27. The molecule has 0 aliphatic heterocycles. The Bertz CT molecular complexity index is 321. The second-order valence-electron chi connectivity index (χ2n) is 2.36. The summed E-state index contributed by atoms with van der Waals surface area (Å²) >= 11 is 0. The molecule has 2 rings (SSSR count). The van der Waals surface area contributed by atoms with Crippen molar-refractivity contribution in [3.63, 3.8) is 0 Å². The molecule has 0 fully saturated rings. The van der Waals surface area contributed by atoms with E-state index in [0.717, 1.165) is 5.52 Å². The Kier molecular flexibility index (Phi) is 2.45. The molecule has 0 atom stereocenters. The van der Waals surface area contributed by atoms with Crippen molar-refractivity contribution in [1.82, 2.24) is 9.78 Å². The fourth-order valence-corrected chi connectivity index (χ4v) is 1.09. The molecule has 0 unspecified atom stereocenters. The zero-order valence-corrected chi connectivity index (χ0v) is 8.37. The standard InChI is InChI=1S/C8H8N2.Pt/c1-10-6-7-4-2-3-5-8(7)9-10;/h2-6H,1H3;. The van der Waals surface area contributed by atoms with Crippen LogP contribution in [-0.4, -0.2) is 9.78 Å². The Morgan fingerprint density at radius 1 is 1.27 bits per heavy atom. The van der Waals surface area contributed by atoms with Crippen molar-refractivity contribution in [3.8, 4) is 0 Å². The summed E-state index contributed by atoms with van der Waals surface area (Å²) in [5.74, 6) is 0. The van der Waals surface area contributed by atoms with E-state index < -0.39 is 0 Å². The summed E-state index contributed by atoms with van der Waals surface area (Å²) < 4.78 is 1.82. The first-order valence-corrected chi connectivity index (χ1v) is 3.25. The molecule has 11 heavy (non-hydrogen) atoms. The summed E-state index contributed by atoms with van der Waals surface area (Å²) in [6, 6.07) is 8.08. The number of aryl methyl sites for hydroxylation is 1. The van der Waals surface area contributed by atoms with Crippen LogP contribution in [0.2, 0.25) is 0 Å². The van der Waals surface area contributed by atoms with Crippen LogP contribution in [0.15, 0.2) is 30.5 Å². The fourth-order valence-electron chi connectivity index (χ4n) is 1.09.